The number of aldehydes is 1. The molecule has 0 spiro atoms. The third-order valence-electron chi connectivity index (χ3n) is 7.48. The van der Waals surface area contributed by atoms with E-state index in [9.17, 15) is 14.5 Å². The molecule has 39 heavy (non-hydrogen) atoms. The van der Waals surface area contributed by atoms with Crippen molar-refractivity contribution in [3.63, 3.8) is 0 Å². The third-order valence-corrected chi connectivity index (χ3v) is 9.38. The summed E-state index contributed by atoms with van der Waals surface area (Å²) < 4.78 is 14.2. The molecule has 5 rings (SSSR count). The van der Waals surface area contributed by atoms with E-state index in [0.29, 0.717) is 19.6 Å². The molecule has 3 unspecified atom stereocenters. The Morgan fingerprint density at radius 2 is 1.18 bits per heavy atom. The zero-order valence-corrected chi connectivity index (χ0v) is 22.6. The molecule has 0 saturated carbocycles. The van der Waals surface area contributed by atoms with Gasteiger partial charge in [-0.3, -0.25) is 9.69 Å². The van der Waals surface area contributed by atoms with Crippen molar-refractivity contribution < 1.29 is 14.5 Å². The highest BCUT2D eigenvalue weighted by Crippen LogP contribution is 2.36. The minimum atomic E-state index is -1.55. The smallest absolute Gasteiger partial charge is 0.226 e. The third kappa shape index (κ3) is 6.16. The first kappa shape index (κ1) is 27.3. The second kappa shape index (κ2) is 13.2. The van der Waals surface area contributed by atoms with Crippen molar-refractivity contribution in [2.45, 2.75) is 22.7 Å². The van der Waals surface area contributed by atoms with Gasteiger partial charge in [-0.2, -0.15) is 0 Å². The zero-order valence-electron chi connectivity index (χ0n) is 21.8. The Kier molecular flexibility index (Phi) is 9.24. The Labute approximate surface area is 233 Å². The van der Waals surface area contributed by atoms with E-state index in [2.05, 4.69) is 29.2 Å². The zero-order chi connectivity index (χ0) is 27.0. The van der Waals surface area contributed by atoms with Crippen molar-refractivity contribution >= 4 is 17.5 Å². The van der Waals surface area contributed by atoms with Gasteiger partial charge in [-0.15, -0.1) is 0 Å². The van der Waals surface area contributed by atoms with Gasteiger partial charge in [-0.25, -0.2) is 4.90 Å². The molecule has 1 saturated heterocycles. The summed E-state index contributed by atoms with van der Waals surface area (Å²) in [6.07, 6.45) is 0.824. The van der Waals surface area contributed by atoms with Crippen LogP contribution in [0.3, 0.4) is 0 Å². The molecule has 1 fully saturated rings. The average molecular weight is 539 g/mol. The van der Waals surface area contributed by atoms with Crippen LogP contribution in [0.5, 0.6) is 0 Å². The summed E-state index contributed by atoms with van der Waals surface area (Å²) in [5.74, 6) is 0. The van der Waals surface area contributed by atoms with Crippen LogP contribution in [0.15, 0.2) is 121 Å². The molecule has 1 aliphatic heterocycles. The molecule has 4 aromatic carbocycles. The number of aliphatic hydroxyl groups is 1. The summed E-state index contributed by atoms with van der Waals surface area (Å²) in [4.78, 5) is 16.9. The Balaban J connectivity index is 1.42. The number of carbonyl (C=O) groups is 1. The lowest BCUT2D eigenvalue weighted by Gasteiger charge is -2.46. The van der Waals surface area contributed by atoms with E-state index in [1.54, 1.807) is 0 Å². The molecular weight excluding hydrogens is 504 g/mol. The summed E-state index contributed by atoms with van der Waals surface area (Å²) in [5, 5.41) is 9.32. The minimum Gasteiger partial charge on any atom is -0.614 e. The Morgan fingerprint density at radius 3 is 1.59 bits per heavy atom. The first-order valence-corrected chi connectivity index (χ1v) is 14.6. The Bertz CT molecular complexity index is 1210. The highest BCUT2D eigenvalue weighted by atomic mass is 32.2. The predicted molar refractivity (Wildman–Crippen MR) is 157 cm³/mol. The molecule has 0 aromatic heterocycles. The molecule has 1 heterocycles. The largest absolute Gasteiger partial charge is 0.614 e. The fourth-order valence-corrected chi connectivity index (χ4v) is 7.34. The van der Waals surface area contributed by atoms with Crippen LogP contribution in [0.4, 0.5) is 0 Å². The maximum Gasteiger partial charge on any atom is 0.226 e. The number of hydrogen-bond donors (Lipinski definition) is 1. The van der Waals surface area contributed by atoms with Crippen LogP contribution in [-0.4, -0.2) is 63.4 Å². The van der Waals surface area contributed by atoms with Crippen molar-refractivity contribution in [3.8, 4) is 0 Å². The Morgan fingerprint density at radius 1 is 0.744 bits per heavy atom. The first-order chi connectivity index (χ1) is 19.2. The van der Waals surface area contributed by atoms with Crippen LogP contribution in [0, 0.1) is 0 Å². The van der Waals surface area contributed by atoms with Gasteiger partial charge in [-0.05, 0) is 22.3 Å². The van der Waals surface area contributed by atoms with Crippen LogP contribution < -0.4 is 0 Å². The SMILES string of the molecule is O=CC(N1CCN(C(c2ccccc2)c2ccccc2)C(CO)C1)[S+]([O-])C(c1ccccc1)c1ccccc1. The number of carbonyl (C=O) groups excluding carboxylic acids is 1. The van der Waals surface area contributed by atoms with Crippen molar-refractivity contribution in [1.82, 2.24) is 9.80 Å². The first-order valence-electron chi connectivity index (χ1n) is 13.4. The summed E-state index contributed by atoms with van der Waals surface area (Å²) in [5.41, 5.74) is 4.14. The lowest BCUT2D eigenvalue weighted by Crippen LogP contribution is -2.60. The maximum absolute atomic E-state index is 14.2. The van der Waals surface area contributed by atoms with E-state index in [0.717, 1.165) is 28.5 Å². The van der Waals surface area contributed by atoms with E-state index in [1.165, 1.54) is 0 Å². The van der Waals surface area contributed by atoms with Crippen LogP contribution >= 0.6 is 0 Å². The molecule has 6 heteroatoms. The van der Waals surface area contributed by atoms with E-state index in [-0.39, 0.29) is 18.7 Å². The number of aliphatic hydroxyl groups excluding tert-OH is 1. The minimum absolute atomic E-state index is 0.0340. The van der Waals surface area contributed by atoms with Crippen LogP contribution in [0.1, 0.15) is 33.5 Å². The molecule has 4 aromatic rings. The number of benzene rings is 4. The quantitative estimate of drug-likeness (QED) is 0.232. The van der Waals surface area contributed by atoms with Gasteiger partial charge in [0.1, 0.15) is 0 Å². The van der Waals surface area contributed by atoms with Crippen molar-refractivity contribution in [1.29, 1.82) is 0 Å². The molecule has 200 valence electrons. The number of hydrogen-bond acceptors (Lipinski definition) is 5. The van der Waals surface area contributed by atoms with Crippen LogP contribution in [-0.2, 0) is 16.0 Å². The monoisotopic (exact) mass is 538 g/mol. The summed E-state index contributed by atoms with van der Waals surface area (Å²) in [6.45, 7) is 1.57. The van der Waals surface area contributed by atoms with Crippen LogP contribution in [0.2, 0.25) is 0 Å². The van der Waals surface area contributed by atoms with E-state index < -0.39 is 21.8 Å². The second-order valence-electron chi connectivity index (χ2n) is 9.85. The lowest BCUT2D eigenvalue weighted by atomic mass is 9.94. The van der Waals surface area contributed by atoms with Crippen molar-refractivity contribution in [2.75, 3.05) is 26.2 Å². The average Bonchev–Trinajstić information content (AvgIpc) is 3.00. The molecule has 3 atom stereocenters. The Hall–Kier alpha value is -3.26. The molecule has 5 nitrogen and oxygen atoms in total. The van der Waals surface area contributed by atoms with Crippen molar-refractivity contribution in [2.24, 2.45) is 0 Å². The van der Waals surface area contributed by atoms with Crippen LogP contribution in [0.25, 0.3) is 0 Å². The second-order valence-corrected chi connectivity index (χ2v) is 11.5. The molecule has 0 aliphatic carbocycles. The lowest BCUT2D eigenvalue weighted by molar-refractivity contribution is -0.111. The fraction of sp³-hybridized carbons (Fsp3) is 0.242. The van der Waals surface area contributed by atoms with E-state index in [4.69, 9.17) is 0 Å². The van der Waals surface area contributed by atoms with E-state index in [1.807, 2.05) is 102 Å². The van der Waals surface area contributed by atoms with Gasteiger partial charge in [0.05, 0.1) is 12.6 Å². The molecule has 0 amide bonds. The summed E-state index contributed by atoms with van der Waals surface area (Å²) >= 11 is -1.55. The van der Waals surface area contributed by atoms with Gasteiger partial charge >= 0.3 is 0 Å². The normalized spacial score (nSPS) is 18.2. The van der Waals surface area contributed by atoms with Crippen molar-refractivity contribution in [3.05, 3.63) is 144 Å². The van der Waals surface area contributed by atoms with Gasteiger partial charge in [0.2, 0.25) is 5.37 Å². The number of piperazine rings is 1. The van der Waals surface area contributed by atoms with E-state index >= 15 is 0 Å². The summed E-state index contributed by atoms with van der Waals surface area (Å²) in [6, 6.07) is 39.9. The van der Waals surface area contributed by atoms with Gasteiger partial charge in [0.15, 0.2) is 11.5 Å². The van der Waals surface area contributed by atoms with Gasteiger partial charge < -0.3 is 9.66 Å². The molecule has 1 N–H and O–H groups in total. The van der Waals surface area contributed by atoms with Gasteiger partial charge in [0, 0.05) is 36.8 Å². The molecule has 0 radical (unpaired) electrons. The predicted octanol–water partition coefficient (Wildman–Crippen LogP) is 4.82. The molecule has 0 bridgehead atoms. The topological polar surface area (TPSA) is 66.8 Å². The molecular formula is C33H34N2O3S. The van der Waals surface area contributed by atoms with Gasteiger partial charge in [-0.1, -0.05) is 121 Å². The highest BCUT2D eigenvalue weighted by molar-refractivity contribution is 7.93. The number of nitrogens with zero attached hydrogens (tertiary/aromatic N) is 2. The van der Waals surface area contributed by atoms with Gasteiger partial charge in [0.25, 0.3) is 0 Å². The maximum atomic E-state index is 14.2. The highest BCUT2D eigenvalue weighted by Gasteiger charge is 2.42. The standard InChI is InChI=1S/C33H34N2O3S/c36-24-30-23-34(21-22-35(30)32(26-13-5-1-6-14-26)27-15-7-2-8-16-27)31(25-37)39(38)33(28-17-9-3-10-18-28)29-19-11-4-12-20-29/h1-20,25,30-33,36H,21-24H2. The molecule has 1 aliphatic rings. The number of rotatable bonds is 10. The summed E-state index contributed by atoms with van der Waals surface area (Å²) in [7, 11) is 0. The fourth-order valence-electron chi connectivity index (χ4n) is 5.62.